The van der Waals surface area contributed by atoms with Crippen molar-refractivity contribution < 1.29 is 0 Å². The molecule has 1 aromatic carbocycles. The lowest BCUT2D eigenvalue weighted by molar-refractivity contribution is 1.04. The predicted octanol–water partition coefficient (Wildman–Crippen LogP) is 4.32. The van der Waals surface area contributed by atoms with Crippen LogP contribution in [0.25, 0.3) is 11.1 Å². The van der Waals surface area contributed by atoms with Crippen LogP contribution in [0.4, 0.5) is 0 Å². The van der Waals surface area contributed by atoms with E-state index < -0.39 is 0 Å². The average Bonchev–Trinajstić information content (AvgIpc) is 2.85. The summed E-state index contributed by atoms with van der Waals surface area (Å²) in [6.45, 7) is 7.99. The third kappa shape index (κ3) is 2.90. The number of H-pyrrole nitrogens is 1. The Bertz CT molecular complexity index is 649. The normalized spacial score (nSPS) is 9.10. The summed E-state index contributed by atoms with van der Waals surface area (Å²) in [5.41, 5.74) is 5.21. The van der Waals surface area contributed by atoms with Crippen LogP contribution < -0.4 is 0 Å². The monoisotopic (exact) mass is 265 g/mol. The van der Waals surface area contributed by atoms with Crippen LogP contribution in [0.2, 0.25) is 0 Å². The molecular weight excluding hydrogens is 246 g/mol. The molecule has 2 rings (SSSR count). The van der Waals surface area contributed by atoms with Crippen LogP contribution in [0, 0.1) is 29.6 Å². The zero-order valence-electron chi connectivity index (χ0n) is 12.4. The summed E-state index contributed by atoms with van der Waals surface area (Å²) < 4.78 is 0. The molecule has 0 aliphatic carbocycles. The fourth-order valence-electron chi connectivity index (χ4n) is 2.15. The van der Waals surface area contributed by atoms with Gasteiger partial charge in [0, 0.05) is 17.0 Å². The van der Waals surface area contributed by atoms with E-state index >= 15 is 0 Å². The lowest BCUT2D eigenvalue weighted by Gasteiger charge is -2.01. The minimum absolute atomic E-state index is 0.626. The van der Waals surface area contributed by atoms with Gasteiger partial charge in [-0.1, -0.05) is 32.9 Å². The van der Waals surface area contributed by atoms with Gasteiger partial charge in [0.25, 0.3) is 0 Å². The molecule has 3 nitrogen and oxygen atoms in total. The van der Waals surface area contributed by atoms with E-state index in [0.717, 1.165) is 28.9 Å². The molecule has 0 amide bonds. The topological polar surface area (TPSA) is 63.4 Å². The molecule has 0 atom stereocenters. The number of nitrogens with zero attached hydrogens (tertiary/aromatic N) is 2. The number of hydrogen-bond acceptors (Lipinski definition) is 2. The zero-order chi connectivity index (χ0) is 15.1. The second-order valence-electron chi connectivity index (χ2n) is 4.13. The second-order valence-corrected chi connectivity index (χ2v) is 4.13. The van der Waals surface area contributed by atoms with Crippen molar-refractivity contribution in [2.75, 3.05) is 0 Å². The number of nitriles is 2. The molecule has 0 unspecified atom stereocenters. The van der Waals surface area contributed by atoms with Gasteiger partial charge in [0.15, 0.2) is 0 Å². The van der Waals surface area contributed by atoms with E-state index in [2.05, 4.69) is 17.1 Å². The lowest BCUT2D eigenvalue weighted by Crippen LogP contribution is -1.85. The van der Waals surface area contributed by atoms with Crippen LogP contribution in [0.15, 0.2) is 24.3 Å². The molecule has 1 heterocycles. The summed E-state index contributed by atoms with van der Waals surface area (Å²) in [5, 5.41) is 18.1. The Kier molecular flexibility index (Phi) is 5.56. The molecule has 1 N–H and O–H groups in total. The highest BCUT2D eigenvalue weighted by Crippen LogP contribution is 2.30. The molecule has 20 heavy (non-hydrogen) atoms. The number of aromatic nitrogens is 1. The number of nitrogens with one attached hydrogen (secondary N) is 1. The Morgan fingerprint density at radius 3 is 2.10 bits per heavy atom. The maximum absolute atomic E-state index is 9.28. The van der Waals surface area contributed by atoms with Gasteiger partial charge in [0.05, 0.1) is 17.2 Å². The molecule has 0 fully saturated rings. The molecule has 0 aliphatic rings. The van der Waals surface area contributed by atoms with Gasteiger partial charge in [0.2, 0.25) is 0 Å². The smallest absolute Gasteiger partial charge is 0.102 e. The van der Waals surface area contributed by atoms with Crippen LogP contribution in [-0.2, 0) is 6.42 Å². The Hall–Kier alpha value is -2.52. The summed E-state index contributed by atoms with van der Waals surface area (Å²) in [4.78, 5) is 3.25. The summed E-state index contributed by atoms with van der Waals surface area (Å²) in [5.74, 6) is 0. The Labute approximate surface area is 120 Å². The molecule has 3 heteroatoms. The number of rotatable bonds is 2. The highest BCUT2D eigenvalue weighted by Gasteiger charge is 2.15. The van der Waals surface area contributed by atoms with Gasteiger partial charge in [-0.2, -0.15) is 10.5 Å². The maximum atomic E-state index is 9.28. The molecular formula is C17H19N3. The number of aromatic amines is 1. The number of hydrogen-bond donors (Lipinski definition) is 1. The molecule has 0 spiro atoms. The molecule has 0 radical (unpaired) electrons. The standard InChI is InChI=1S/C15H13N3.C2H6/c1-3-14-13(9-17)15(10(2)18-14)12-6-4-11(8-16)5-7-12;1-2/h4-7,18H,3H2,1-2H3;1-2H3. The van der Waals surface area contributed by atoms with Gasteiger partial charge in [-0.3, -0.25) is 0 Å². The van der Waals surface area contributed by atoms with E-state index in [-0.39, 0.29) is 0 Å². The SMILES string of the molecule is CC.CCc1[nH]c(C)c(-c2ccc(C#N)cc2)c1C#N. The van der Waals surface area contributed by atoms with E-state index in [1.165, 1.54) is 0 Å². The lowest BCUT2D eigenvalue weighted by atomic mass is 9.99. The first-order valence-electron chi connectivity index (χ1n) is 6.83. The van der Waals surface area contributed by atoms with Crippen molar-refractivity contribution in [1.82, 2.24) is 4.98 Å². The van der Waals surface area contributed by atoms with Crippen LogP contribution in [-0.4, -0.2) is 4.98 Å². The van der Waals surface area contributed by atoms with E-state index in [0.29, 0.717) is 11.1 Å². The largest absolute Gasteiger partial charge is 0.361 e. The van der Waals surface area contributed by atoms with Crippen molar-refractivity contribution in [3.63, 3.8) is 0 Å². The van der Waals surface area contributed by atoms with Crippen LogP contribution >= 0.6 is 0 Å². The van der Waals surface area contributed by atoms with E-state index in [1.807, 2.05) is 39.8 Å². The second kappa shape index (κ2) is 7.16. The van der Waals surface area contributed by atoms with Gasteiger partial charge in [-0.25, -0.2) is 0 Å². The summed E-state index contributed by atoms with van der Waals surface area (Å²) in [6, 6.07) is 11.7. The van der Waals surface area contributed by atoms with Crippen LogP contribution in [0.3, 0.4) is 0 Å². The van der Waals surface area contributed by atoms with Gasteiger partial charge in [0.1, 0.15) is 6.07 Å². The average molecular weight is 265 g/mol. The fraction of sp³-hybridized carbons (Fsp3) is 0.294. The predicted molar refractivity (Wildman–Crippen MR) is 81.1 cm³/mol. The Morgan fingerprint density at radius 2 is 1.65 bits per heavy atom. The molecule has 0 saturated heterocycles. The zero-order valence-corrected chi connectivity index (χ0v) is 12.4. The first-order chi connectivity index (χ1) is 9.71. The molecule has 0 saturated carbocycles. The summed E-state index contributed by atoms with van der Waals surface area (Å²) >= 11 is 0. The quantitative estimate of drug-likeness (QED) is 0.878. The highest BCUT2D eigenvalue weighted by atomic mass is 14.7. The molecule has 1 aromatic heterocycles. The van der Waals surface area contributed by atoms with Crippen molar-refractivity contribution in [3.8, 4) is 23.3 Å². The Balaban J connectivity index is 0.000000956. The minimum Gasteiger partial charge on any atom is -0.361 e. The third-order valence-corrected chi connectivity index (χ3v) is 3.03. The van der Waals surface area contributed by atoms with Gasteiger partial charge in [-0.15, -0.1) is 0 Å². The maximum Gasteiger partial charge on any atom is 0.102 e. The third-order valence-electron chi connectivity index (χ3n) is 3.03. The van der Waals surface area contributed by atoms with Gasteiger partial charge >= 0.3 is 0 Å². The summed E-state index contributed by atoms with van der Waals surface area (Å²) in [6.07, 6.45) is 0.806. The minimum atomic E-state index is 0.626. The van der Waals surface area contributed by atoms with E-state index in [1.54, 1.807) is 12.1 Å². The Morgan fingerprint density at radius 1 is 1.05 bits per heavy atom. The fourth-order valence-corrected chi connectivity index (χ4v) is 2.15. The number of benzene rings is 1. The van der Waals surface area contributed by atoms with Crippen molar-refractivity contribution in [2.45, 2.75) is 34.1 Å². The molecule has 0 aliphatic heterocycles. The van der Waals surface area contributed by atoms with Crippen molar-refractivity contribution in [3.05, 3.63) is 46.8 Å². The van der Waals surface area contributed by atoms with E-state index in [4.69, 9.17) is 5.26 Å². The first-order valence-corrected chi connectivity index (χ1v) is 6.83. The van der Waals surface area contributed by atoms with E-state index in [9.17, 15) is 5.26 Å². The summed E-state index contributed by atoms with van der Waals surface area (Å²) in [7, 11) is 0. The molecule has 102 valence electrons. The van der Waals surface area contributed by atoms with Crippen molar-refractivity contribution >= 4 is 0 Å². The van der Waals surface area contributed by atoms with Gasteiger partial charge < -0.3 is 4.98 Å². The highest BCUT2D eigenvalue weighted by molar-refractivity contribution is 5.75. The first kappa shape index (κ1) is 15.5. The molecule has 2 aromatic rings. The molecule has 0 bridgehead atoms. The van der Waals surface area contributed by atoms with Crippen LogP contribution in [0.1, 0.15) is 43.3 Å². The van der Waals surface area contributed by atoms with Crippen molar-refractivity contribution in [2.24, 2.45) is 0 Å². The van der Waals surface area contributed by atoms with Crippen LogP contribution in [0.5, 0.6) is 0 Å². The number of aryl methyl sites for hydroxylation is 2. The van der Waals surface area contributed by atoms with Gasteiger partial charge in [-0.05, 0) is 31.0 Å². The van der Waals surface area contributed by atoms with Crippen molar-refractivity contribution in [1.29, 1.82) is 10.5 Å².